The number of hydrogen-bond donors (Lipinski definition) is 1. The van der Waals surface area contributed by atoms with Gasteiger partial charge in [0.2, 0.25) is 0 Å². The first kappa shape index (κ1) is 23.3. The predicted molar refractivity (Wildman–Crippen MR) is 137 cm³/mol. The summed E-state index contributed by atoms with van der Waals surface area (Å²) in [6, 6.07) is 25.0. The van der Waals surface area contributed by atoms with E-state index >= 15 is 0 Å². The van der Waals surface area contributed by atoms with Crippen molar-refractivity contribution in [2.45, 2.75) is 6.61 Å². The number of amides is 1. The molecule has 0 unspecified atom stereocenters. The van der Waals surface area contributed by atoms with Gasteiger partial charge in [0.15, 0.2) is 0 Å². The minimum Gasteiger partial charge on any atom is -0.497 e. The van der Waals surface area contributed by atoms with Gasteiger partial charge in [0.05, 0.1) is 30.5 Å². The number of carbonyl (C=O) groups is 1. The van der Waals surface area contributed by atoms with Crippen LogP contribution in [0.15, 0.2) is 88.4 Å². The minimum absolute atomic E-state index is 0.360. The summed E-state index contributed by atoms with van der Waals surface area (Å²) in [5, 5.41) is 6.42. The van der Waals surface area contributed by atoms with Gasteiger partial charge in [0, 0.05) is 6.07 Å². The number of ether oxygens (including phenoxy) is 3. The standard InChI is InChI=1S/C27H23BrN2O4/c1-32-21-11-12-23(26(15-21)33-2)27(31)30-29-16-18-10-13-25(24(28)14-18)34-17-20-8-5-7-19-6-3-4-9-22(19)20/h3-16H,17H2,1-2H3,(H,30,31)/b29-16-. The SMILES string of the molecule is COc1ccc(C(=O)N/N=C\c2ccc(OCc3cccc4ccccc34)c(Br)c2)c(OC)c1. The Balaban J connectivity index is 1.40. The Hall–Kier alpha value is -3.84. The van der Waals surface area contributed by atoms with E-state index in [1.807, 2.05) is 36.4 Å². The van der Waals surface area contributed by atoms with Gasteiger partial charge < -0.3 is 14.2 Å². The fourth-order valence-electron chi connectivity index (χ4n) is 3.50. The van der Waals surface area contributed by atoms with Crippen LogP contribution in [0.3, 0.4) is 0 Å². The van der Waals surface area contributed by atoms with E-state index in [1.54, 1.807) is 31.5 Å². The van der Waals surface area contributed by atoms with Crippen LogP contribution < -0.4 is 19.6 Å². The van der Waals surface area contributed by atoms with Crippen molar-refractivity contribution in [3.63, 3.8) is 0 Å². The second-order valence-corrected chi connectivity index (χ2v) is 8.24. The van der Waals surface area contributed by atoms with E-state index in [-0.39, 0.29) is 5.91 Å². The molecule has 4 rings (SSSR count). The first-order valence-corrected chi connectivity index (χ1v) is 11.3. The topological polar surface area (TPSA) is 69.2 Å². The molecule has 0 saturated heterocycles. The highest BCUT2D eigenvalue weighted by Gasteiger charge is 2.12. The van der Waals surface area contributed by atoms with E-state index in [1.165, 1.54) is 17.9 Å². The van der Waals surface area contributed by atoms with Crippen molar-refractivity contribution in [2.24, 2.45) is 5.10 Å². The average molecular weight is 519 g/mol. The molecule has 0 aliphatic carbocycles. The van der Waals surface area contributed by atoms with Crippen molar-refractivity contribution >= 4 is 38.8 Å². The second-order valence-electron chi connectivity index (χ2n) is 7.38. The van der Waals surface area contributed by atoms with Crippen LogP contribution in [0.4, 0.5) is 0 Å². The van der Waals surface area contributed by atoms with Gasteiger partial charge in [0.1, 0.15) is 23.9 Å². The molecule has 0 atom stereocenters. The molecule has 0 aliphatic heterocycles. The van der Waals surface area contributed by atoms with Crippen LogP contribution in [0.25, 0.3) is 10.8 Å². The Morgan fingerprint density at radius 1 is 0.941 bits per heavy atom. The lowest BCUT2D eigenvalue weighted by atomic mass is 10.1. The third-order valence-electron chi connectivity index (χ3n) is 5.25. The largest absolute Gasteiger partial charge is 0.497 e. The lowest BCUT2D eigenvalue weighted by Crippen LogP contribution is -2.18. The van der Waals surface area contributed by atoms with E-state index in [0.29, 0.717) is 23.7 Å². The van der Waals surface area contributed by atoms with Crippen molar-refractivity contribution in [1.29, 1.82) is 0 Å². The molecule has 0 spiro atoms. The summed E-state index contributed by atoms with van der Waals surface area (Å²) >= 11 is 3.56. The van der Waals surface area contributed by atoms with Crippen LogP contribution in [-0.2, 0) is 6.61 Å². The summed E-state index contributed by atoms with van der Waals surface area (Å²) in [6.07, 6.45) is 1.56. The maximum Gasteiger partial charge on any atom is 0.275 e. The Bertz CT molecular complexity index is 1350. The van der Waals surface area contributed by atoms with E-state index in [0.717, 1.165) is 21.3 Å². The predicted octanol–water partition coefficient (Wildman–Crippen LogP) is 5.96. The number of rotatable bonds is 8. The van der Waals surface area contributed by atoms with Gasteiger partial charge in [0.25, 0.3) is 5.91 Å². The summed E-state index contributed by atoms with van der Waals surface area (Å²) in [4.78, 5) is 12.5. The molecule has 6 nitrogen and oxygen atoms in total. The molecule has 0 aromatic heterocycles. The van der Waals surface area contributed by atoms with Crippen LogP contribution in [-0.4, -0.2) is 26.3 Å². The van der Waals surface area contributed by atoms with E-state index < -0.39 is 0 Å². The van der Waals surface area contributed by atoms with Crippen LogP contribution in [0, 0.1) is 0 Å². The molecule has 7 heteroatoms. The summed E-state index contributed by atoms with van der Waals surface area (Å²) in [6.45, 7) is 0.452. The Labute approximate surface area is 206 Å². The molecular weight excluding hydrogens is 496 g/mol. The number of halogens is 1. The quantitative estimate of drug-likeness (QED) is 0.230. The monoisotopic (exact) mass is 518 g/mol. The van der Waals surface area contributed by atoms with Crippen molar-refractivity contribution in [3.05, 3.63) is 100 Å². The molecule has 0 saturated carbocycles. The van der Waals surface area contributed by atoms with Crippen LogP contribution in [0.1, 0.15) is 21.5 Å². The van der Waals surface area contributed by atoms with E-state index in [4.69, 9.17) is 14.2 Å². The summed E-state index contributed by atoms with van der Waals surface area (Å²) in [7, 11) is 3.05. The number of benzene rings is 4. The van der Waals surface area contributed by atoms with Gasteiger partial charge in [-0.15, -0.1) is 0 Å². The van der Waals surface area contributed by atoms with Gasteiger partial charge in [-0.05, 0) is 68.2 Å². The second kappa shape index (κ2) is 10.9. The lowest BCUT2D eigenvalue weighted by molar-refractivity contribution is 0.0952. The highest BCUT2D eigenvalue weighted by molar-refractivity contribution is 9.10. The molecule has 1 N–H and O–H groups in total. The van der Waals surface area contributed by atoms with Gasteiger partial charge in [-0.1, -0.05) is 42.5 Å². The molecule has 1 amide bonds. The number of nitrogens with one attached hydrogen (secondary N) is 1. The normalized spacial score (nSPS) is 10.9. The Kier molecular flexibility index (Phi) is 7.44. The smallest absolute Gasteiger partial charge is 0.275 e. The van der Waals surface area contributed by atoms with E-state index in [9.17, 15) is 4.79 Å². The van der Waals surface area contributed by atoms with Crippen molar-refractivity contribution < 1.29 is 19.0 Å². The van der Waals surface area contributed by atoms with Crippen molar-refractivity contribution in [1.82, 2.24) is 5.43 Å². The summed E-state index contributed by atoms with van der Waals surface area (Å²) in [5.41, 5.74) is 4.80. The first-order valence-electron chi connectivity index (χ1n) is 10.5. The third kappa shape index (κ3) is 5.38. The summed E-state index contributed by atoms with van der Waals surface area (Å²) < 4.78 is 17.3. The third-order valence-corrected chi connectivity index (χ3v) is 5.87. The fraction of sp³-hybridized carbons (Fsp3) is 0.111. The molecule has 4 aromatic rings. The molecule has 0 aliphatic rings. The van der Waals surface area contributed by atoms with Crippen LogP contribution >= 0.6 is 15.9 Å². The first-order chi connectivity index (χ1) is 16.6. The molecule has 0 fully saturated rings. The Morgan fingerprint density at radius 2 is 1.76 bits per heavy atom. The molecule has 34 heavy (non-hydrogen) atoms. The number of fused-ring (bicyclic) bond motifs is 1. The number of carbonyl (C=O) groups excluding carboxylic acids is 1. The lowest BCUT2D eigenvalue weighted by Gasteiger charge is -2.11. The highest BCUT2D eigenvalue weighted by Crippen LogP contribution is 2.28. The number of methoxy groups -OCH3 is 2. The number of hydrogen-bond acceptors (Lipinski definition) is 5. The van der Waals surface area contributed by atoms with Crippen molar-refractivity contribution in [2.75, 3.05) is 14.2 Å². The Morgan fingerprint density at radius 3 is 2.56 bits per heavy atom. The zero-order valence-corrected chi connectivity index (χ0v) is 20.3. The number of hydrazone groups is 1. The number of nitrogens with zero attached hydrogens (tertiary/aromatic N) is 1. The molecule has 0 heterocycles. The van der Waals surface area contributed by atoms with Crippen molar-refractivity contribution in [3.8, 4) is 17.2 Å². The molecule has 172 valence electrons. The van der Waals surface area contributed by atoms with Gasteiger partial charge in [-0.3, -0.25) is 4.79 Å². The average Bonchev–Trinajstić information content (AvgIpc) is 2.87. The van der Waals surface area contributed by atoms with E-state index in [2.05, 4.69) is 50.7 Å². The van der Waals surface area contributed by atoms with Gasteiger partial charge in [-0.25, -0.2) is 5.43 Å². The highest BCUT2D eigenvalue weighted by atomic mass is 79.9. The molecule has 0 bridgehead atoms. The zero-order chi connectivity index (χ0) is 23.9. The van der Waals surface area contributed by atoms with Gasteiger partial charge >= 0.3 is 0 Å². The van der Waals surface area contributed by atoms with Crippen LogP contribution in [0.2, 0.25) is 0 Å². The zero-order valence-electron chi connectivity index (χ0n) is 18.7. The maximum absolute atomic E-state index is 12.5. The molecular formula is C27H23BrN2O4. The molecule has 4 aromatic carbocycles. The molecule has 0 radical (unpaired) electrons. The van der Waals surface area contributed by atoms with Crippen LogP contribution in [0.5, 0.6) is 17.2 Å². The summed E-state index contributed by atoms with van der Waals surface area (Å²) in [5.74, 6) is 1.34. The van der Waals surface area contributed by atoms with Gasteiger partial charge in [-0.2, -0.15) is 5.10 Å². The minimum atomic E-state index is -0.384. The maximum atomic E-state index is 12.5. The fourth-order valence-corrected chi connectivity index (χ4v) is 4.01.